The molecule has 2 aromatic rings. The summed E-state index contributed by atoms with van der Waals surface area (Å²) in [6.07, 6.45) is -5.62. The minimum Gasteiger partial charge on any atom is -0.440 e. The highest BCUT2D eigenvalue weighted by Crippen LogP contribution is 2.24. The van der Waals surface area contributed by atoms with Gasteiger partial charge in [0, 0.05) is 24.4 Å². The highest BCUT2D eigenvalue weighted by atomic mass is 35.5. The number of aromatic nitrogens is 2. The molecule has 0 fully saturated rings. The maximum Gasteiger partial charge on any atom is 0.422 e. The van der Waals surface area contributed by atoms with E-state index in [0.29, 0.717) is 15.9 Å². The number of benzene rings is 1. The van der Waals surface area contributed by atoms with Gasteiger partial charge in [0.15, 0.2) is 11.8 Å². The molecule has 1 aromatic heterocycles. The average molecular weight is 368 g/mol. The standard InChI is InChI=1S/C13H13ClF3N3O2S/c1-20-10-3-2-8(14)6-9(10)19-11(20)23-5-4-18-12(21)22-7-13(15,16)17/h2-3,6H,4-5,7H2,1H3,(H,18,21). The van der Waals surface area contributed by atoms with E-state index >= 15 is 0 Å². The molecular weight excluding hydrogens is 355 g/mol. The third-order valence-corrected chi connectivity index (χ3v) is 4.04. The van der Waals surface area contributed by atoms with Gasteiger partial charge in [-0.05, 0) is 18.2 Å². The van der Waals surface area contributed by atoms with Gasteiger partial charge in [-0.25, -0.2) is 9.78 Å². The summed E-state index contributed by atoms with van der Waals surface area (Å²) in [5.41, 5.74) is 1.66. The smallest absolute Gasteiger partial charge is 0.422 e. The molecule has 0 radical (unpaired) electrons. The second kappa shape index (κ2) is 7.31. The Morgan fingerprint density at radius 2 is 2.22 bits per heavy atom. The van der Waals surface area contributed by atoms with Crippen molar-refractivity contribution in [3.8, 4) is 0 Å². The molecule has 0 aliphatic rings. The van der Waals surface area contributed by atoms with Crippen molar-refractivity contribution in [2.24, 2.45) is 7.05 Å². The lowest BCUT2D eigenvalue weighted by atomic mass is 10.3. The minimum absolute atomic E-state index is 0.158. The molecule has 23 heavy (non-hydrogen) atoms. The van der Waals surface area contributed by atoms with Crippen molar-refractivity contribution < 1.29 is 22.7 Å². The number of hydrogen-bond donors (Lipinski definition) is 1. The number of aryl methyl sites for hydroxylation is 1. The predicted octanol–water partition coefficient (Wildman–Crippen LogP) is 3.61. The van der Waals surface area contributed by atoms with Gasteiger partial charge >= 0.3 is 12.3 Å². The van der Waals surface area contributed by atoms with E-state index in [4.69, 9.17) is 11.6 Å². The normalized spacial score (nSPS) is 11.7. The molecular formula is C13H13ClF3N3O2S. The maximum absolute atomic E-state index is 11.9. The van der Waals surface area contributed by atoms with E-state index in [-0.39, 0.29) is 6.54 Å². The van der Waals surface area contributed by atoms with E-state index in [1.54, 1.807) is 12.1 Å². The number of ether oxygens (including phenoxy) is 1. The molecule has 0 aliphatic heterocycles. The summed E-state index contributed by atoms with van der Waals surface area (Å²) >= 11 is 7.27. The van der Waals surface area contributed by atoms with Crippen molar-refractivity contribution in [1.29, 1.82) is 0 Å². The monoisotopic (exact) mass is 367 g/mol. The summed E-state index contributed by atoms with van der Waals surface area (Å²) in [5, 5.41) is 3.55. The first-order valence-corrected chi connectivity index (χ1v) is 7.85. The Bertz CT molecular complexity index is 706. The molecule has 126 valence electrons. The number of hydrogen-bond acceptors (Lipinski definition) is 4. The molecule has 0 atom stereocenters. The van der Waals surface area contributed by atoms with Crippen molar-refractivity contribution >= 4 is 40.5 Å². The summed E-state index contributed by atoms with van der Waals surface area (Å²) < 4.78 is 41.5. The Kier molecular flexibility index (Phi) is 5.64. The second-order valence-corrected chi connectivity index (χ2v) is 6.05. The molecule has 1 N–H and O–H groups in total. The molecule has 1 amide bonds. The van der Waals surface area contributed by atoms with Crippen LogP contribution in [0.5, 0.6) is 0 Å². The van der Waals surface area contributed by atoms with E-state index in [1.807, 2.05) is 17.7 Å². The van der Waals surface area contributed by atoms with Crippen molar-refractivity contribution in [1.82, 2.24) is 14.9 Å². The average Bonchev–Trinajstić information content (AvgIpc) is 2.76. The lowest BCUT2D eigenvalue weighted by Gasteiger charge is -2.08. The number of imidazole rings is 1. The van der Waals surface area contributed by atoms with Crippen LogP contribution in [0.25, 0.3) is 11.0 Å². The van der Waals surface area contributed by atoms with E-state index in [0.717, 1.165) is 11.0 Å². The first kappa shape index (κ1) is 17.7. The number of carbonyl (C=O) groups is 1. The molecule has 1 aromatic carbocycles. The number of nitrogens with zero attached hydrogens (tertiary/aromatic N) is 2. The quantitative estimate of drug-likeness (QED) is 0.648. The molecule has 0 aliphatic carbocycles. The van der Waals surface area contributed by atoms with Gasteiger partial charge in [-0.15, -0.1) is 0 Å². The van der Waals surface area contributed by atoms with Gasteiger partial charge in [0.2, 0.25) is 0 Å². The van der Waals surface area contributed by atoms with E-state index < -0.39 is 18.9 Å². The summed E-state index contributed by atoms with van der Waals surface area (Å²) in [6, 6.07) is 5.35. The largest absolute Gasteiger partial charge is 0.440 e. The third kappa shape index (κ3) is 5.21. The number of alkyl carbamates (subject to hydrolysis) is 1. The number of nitrogens with one attached hydrogen (secondary N) is 1. The van der Waals surface area contributed by atoms with Crippen LogP contribution in [0.2, 0.25) is 5.02 Å². The third-order valence-electron chi connectivity index (χ3n) is 2.77. The van der Waals surface area contributed by atoms with Crippen molar-refractivity contribution in [2.45, 2.75) is 11.3 Å². The second-order valence-electron chi connectivity index (χ2n) is 4.55. The Labute approximate surface area is 139 Å². The topological polar surface area (TPSA) is 56.2 Å². The lowest BCUT2D eigenvalue weighted by Crippen LogP contribution is -2.30. The van der Waals surface area contributed by atoms with E-state index in [2.05, 4.69) is 15.0 Å². The minimum atomic E-state index is -4.53. The van der Waals surface area contributed by atoms with Gasteiger partial charge in [0.05, 0.1) is 11.0 Å². The molecule has 0 bridgehead atoms. The number of carbonyl (C=O) groups excluding carboxylic acids is 1. The Balaban J connectivity index is 1.81. The Hall–Kier alpha value is -1.61. The predicted molar refractivity (Wildman–Crippen MR) is 81.9 cm³/mol. The number of thioether (sulfide) groups is 1. The van der Waals surface area contributed by atoms with Crippen LogP contribution < -0.4 is 5.32 Å². The fraction of sp³-hybridized carbons (Fsp3) is 0.385. The molecule has 0 saturated heterocycles. The SMILES string of the molecule is Cn1c(SCCNC(=O)OCC(F)(F)F)nc2cc(Cl)ccc21. The van der Waals surface area contributed by atoms with Crippen LogP contribution in [0, 0.1) is 0 Å². The summed E-state index contributed by atoms with van der Waals surface area (Å²) in [5.74, 6) is 0.437. The van der Waals surface area contributed by atoms with Crippen LogP contribution in [0.15, 0.2) is 23.4 Å². The van der Waals surface area contributed by atoms with Gasteiger partial charge < -0.3 is 14.6 Å². The van der Waals surface area contributed by atoms with Gasteiger partial charge in [0.25, 0.3) is 0 Å². The summed E-state index contributed by atoms with van der Waals surface area (Å²) in [6.45, 7) is -1.44. The number of halogens is 4. The fourth-order valence-corrected chi connectivity index (χ4v) is 2.78. The van der Waals surface area contributed by atoms with Gasteiger partial charge in [0.1, 0.15) is 0 Å². The van der Waals surface area contributed by atoms with E-state index in [9.17, 15) is 18.0 Å². The summed E-state index contributed by atoms with van der Waals surface area (Å²) in [4.78, 5) is 15.5. The van der Waals surface area contributed by atoms with Crippen LogP contribution in [0.4, 0.5) is 18.0 Å². The van der Waals surface area contributed by atoms with Crippen LogP contribution in [0.1, 0.15) is 0 Å². The van der Waals surface area contributed by atoms with Gasteiger partial charge in [-0.1, -0.05) is 23.4 Å². The van der Waals surface area contributed by atoms with E-state index in [1.165, 1.54) is 11.8 Å². The van der Waals surface area contributed by atoms with Crippen LogP contribution in [0.3, 0.4) is 0 Å². The van der Waals surface area contributed by atoms with Crippen molar-refractivity contribution in [3.05, 3.63) is 23.2 Å². The molecule has 0 spiro atoms. The number of alkyl halides is 3. The fourth-order valence-electron chi connectivity index (χ4n) is 1.77. The van der Waals surface area contributed by atoms with Gasteiger partial charge in [-0.2, -0.15) is 13.2 Å². The van der Waals surface area contributed by atoms with Crippen molar-refractivity contribution in [2.75, 3.05) is 18.9 Å². The first-order chi connectivity index (χ1) is 10.8. The highest BCUT2D eigenvalue weighted by Gasteiger charge is 2.29. The zero-order chi connectivity index (χ0) is 17.0. The van der Waals surface area contributed by atoms with Crippen LogP contribution >= 0.6 is 23.4 Å². The Morgan fingerprint density at radius 3 is 2.91 bits per heavy atom. The molecule has 0 saturated carbocycles. The highest BCUT2D eigenvalue weighted by molar-refractivity contribution is 7.99. The zero-order valence-electron chi connectivity index (χ0n) is 12.0. The van der Waals surface area contributed by atoms with Crippen LogP contribution in [-0.4, -0.2) is 40.7 Å². The first-order valence-electron chi connectivity index (χ1n) is 6.48. The van der Waals surface area contributed by atoms with Crippen LogP contribution in [-0.2, 0) is 11.8 Å². The number of fused-ring (bicyclic) bond motifs is 1. The molecule has 10 heteroatoms. The molecule has 0 unspecified atom stereocenters. The number of amides is 1. The lowest BCUT2D eigenvalue weighted by molar-refractivity contribution is -0.160. The molecule has 2 rings (SSSR count). The summed E-state index contributed by atoms with van der Waals surface area (Å²) in [7, 11) is 1.84. The van der Waals surface area contributed by atoms with Crippen molar-refractivity contribution in [3.63, 3.8) is 0 Å². The molecule has 1 heterocycles. The molecule has 5 nitrogen and oxygen atoms in total. The van der Waals surface area contributed by atoms with Gasteiger partial charge in [-0.3, -0.25) is 0 Å². The number of rotatable bonds is 5. The Morgan fingerprint density at radius 1 is 1.48 bits per heavy atom. The zero-order valence-corrected chi connectivity index (χ0v) is 13.6. The maximum atomic E-state index is 11.9.